The summed E-state index contributed by atoms with van der Waals surface area (Å²) in [6.07, 6.45) is 0.850. The van der Waals surface area contributed by atoms with Crippen LogP contribution in [0.1, 0.15) is 17.7 Å². The lowest BCUT2D eigenvalue weighted by molar-refractivity contribution is 0.152. The normalized spacial score (nSPS) is 11.7. The van der Waals surface area contributed by atoms with Crippen molar-refractivity contribution >= 4 is 33.8 Å². The standard InChI is InChI=1S/C14H12F2IN3/c1-8-3-9-4-11(10-6-18-19(2)7-10)12(14(15)16)5-13(9)20(8)17/h3-7,14H,1-2H3. The molecular formula is C14H12F2IN3. The molecule has 104 valence electrons. The van der Waals surface area contributed by atoms with Gasteiger partial charge in [-0.2, -0.15) is 5.10 Å². The van der Waals surface area contributed by atoms with Crippen LogP contribution in [0.4, 0.5) is 8.78 Å². The molecule has 0 amide bonds. The third-order valence-electron chi connectivity index (χ3n) is 3.34. The van der Waals surface area contributed by atoms with Crippen LogP contribution < -0.4 is 0 Å². The predicted molar refractivity (Wildman–Crippen MR) is 83.3 cm³/mol. The summed E-state index contributed by atoms with van der Waals surface area (Å²) in [6, 6.07) is 5.38. The summed E-state index contributed by atoms with van der Waals surface area (Å²) in [6.45, 7) is 1.96. The van der Waals surface area contributed by atoms with Gasteiger partial charge in [-0.1, -0.05) is 0 Å². The third-order valence-corrected chi connectivity index (χ3v) is 4.62. The van der Waals surface area contributed by atoms with Gasteiger partial charge in [-0.15, -0.1) is 0 Å². The largest absolute Gasteiger partial charge is 0.287 e. The second kappa shape index (κ2) is 4.83. The maximum atomic E-state index is 13.3. The number of fused-ring (bicyclic) bond motifs is 1. The van der Waals surface area contributed by atoms with E-state index >= 15 is 0 Å². The second-order valence-electron chi connectivity index (χ2n) is 4.77. The number of nitrogens with zero attached hydrogens (tertiary/aromatic N) is 3. The maximum absolute atomic E-state index is 13.3. The van der Waals surface area contributed by atoms with Gasteiger partial charge < -0.3 is 0 Å². The summed E-state index contributed by atoms with van der Waals surface area (Å²) in [4.78, 5) is 0. The van der Waals surface area contributed by atoms with Gasteiger partial charge >= 0.3 is 0 Å². The molecule has 0 aliphatic rings. The number of hydrogen-bond donors (Lipinski definition) is 0. The Hall–Kier alpha value is -1.44. The van der Waals surface area contributed by atoms with Crippen molar-refractivity contribution in [1.29, 1.82) is 0 Å². The van der Waals surface area contributed by atoms with Gasteiger partial charge in [0.05, 0.1) is 34.6 Å². The Kier molecular flexibility index (Phi) is 3.27. The summed E-state index contributed by atoms with van der Waals surface area (Å²) in [5.41, 5.74) is 3.14. The molecule has 3 aromatic rings. The van der Waals surface area contributed by atoms with Gasteiger partial charge in [0.1, 0.15) is 0 Å². The molecular weight excluding hydrogens is 375 g/mol. The van der Waals surface area contributed by atoms with Gasteiger partial charge in [-0.3, -0.25) is 7.46 Å². The molecule has 0 spiro atoms. The summed E-state index contributed by atoms with van der Waals surface area (Å²) >= 11 is 2.12. The average Bonchev–Trinajstić information content (AvgIpc) is 2.93. The van der Waals surface area contributed by atoms with E-state index in [0.29, 0.717) is 11.1 Å². The molecule has 0 fully saturated rings. The van der Waals surface area contributed by atoms with E-state index in [4.69, 9.17) is 0 Å². The number of benzene rings is 1. The van der Waals surface area contributed by atoms with Crippen molar-refractivity contribution in [3.05, 3.63) is 41.9 Å². The Morgan fingerprint density at radius 3 is 2.60 bits per heavy atom. The van der Waals surface area contributed by atoms with E-state index < -0.39 is 6.43 Å². The molecule has 0 radical (unpaired) electrons. The van der Waals surface area contributed by atoms with Gasteiger partial charge in [0, 0.05) is 35.5 Å². The third kappa shape index (κ3) is 2.11. The number of aromatic nitrogens is 3. The molecule has 0 saturated heterocycles. The van der Waals surface area contributed by atoms with Gasteiger partial charge in [-0.05, 0) is 30.7 Å². The number of aryl methyl sites for hydroxylation is 2. The number of rotatable bonds is 2. The Labute approximate surface area is 128 Å². The van der Waals surface area contributed by atoms with Gasteiger partial charge in [0.15, 0.2) is 0 Å². The predicted octanol–water partition coefficient (Wildman–Crippen LogP) is 4.49. The fourth-order valence-electron chi connectivity index (χ4n) is 2.37. The Morgan fingerprint density at radius 2 is 2.00 bits per heavy atom. The molecule has 0 aliphatic carbocycles. The summed E-state index contributed by atoms with van der Waals surface area (Å²) in [5.74, 6) is 0. The van der Waals surface area contributed by atoms with E-state index in [0.717, 1.165) is 16.6 Å². The minimum absolute atomic E-state index is 0.0431. The van der Waals surface area contributed by atoms with Crippen LogP contribution in [-0.2, 0) is 7.05 Å². The Morgan fingerprint density at radius 1 is 1.25 bits per heavy atom. The highest BCUT2D eigenvalue weighted by Gasteiger charge is 2.18. The monoisotopic (exact) mass is 387 g/mol. The van der Waals surface area contributed by atoms with Crippen LogP contribution in [0.5, 0.6) is 0 Å². The van der Waals surface area contributed by atoms with Crippen LogP contribution in [0.25, 0.3) is 22.0 Å². The van der Waals surface area contributed by atoms with Crippen LogP contribution in [-0.4, -0.2) is 12.6 Å². The second-order valence-corrected chi connectivity index (χ2v) is 5.73. The molecule has 6 heteroatoms. The number of alkyl halides is 2. The molecule has 1 aromatic carbocycles. The van der Waals surface area contributed by atoms with Gasteiger partial charge in [-0.25, -0.2) is 8.78 Å². The van der Waals surface area contributed by atoms with Crippen LogP contribution >= 0.6 is 22.9 Å². The number of hydrogen-bond acceptors (Lipinski definition) is 1. The zero-order valence-electron chi connectivity index (χ0n) is 10.9. The van der Waals surface area contributed by atoms with Crippen molar-refractivity contribution in [3.8, 4) is 11.1 Å². The van der Waals surface area contributed by atoms with Crippen molar-refractivity contribution in [2.45, 2.75) is 13.3 Å². The van der Waals surface area contributed by atoms with Gasteiger partial charge in [0.2, 0.25) is 0 Å². The highest BCUT2D eigenvalue weighted by atomic mass is 127. The molecule has 2 aromatic heterocycles. The quantitative estimate of drug-likeness (QED) is 0.595. The van der Waals surface area contributed by atoms with E-state index in [-0.39, 0.29) is 5.56 Å². The molecule has 0 saturated carbocycles. The molecule has 2 heterocycles. The smallest absolute Gasteiger partial charge is 0.264 e. The van der Waals surface area contributed by atoms with Crippen molar-refractivity contribution in [2.24, 2.45) is 7.05 Å². The lowest BCUT2D eigenvalue weighted by atomic mass is 10.0. The fourth-order valence-corrected chi connectivity index (χ4v) is 2.93. The fraction of sp³-hybridized carbons (Fsp3) is 0.214. The Balaban J connectivity index is 2.32. The van der Waals surface area contributed by atoms with Crippen LogP contribution in [0.15, 0.2) is 30.6 Å². The summed E-state index contributed by atoms with van der Waals surface area (Å²) < 4.78 is 30.2. The molecule has 20 heavy (non-hydrogen) atoms. The van der Waals surface area contributed by atoms with Crippen molar-refractivity contribution in [2.75, 3.05) is 0 Å². The highest BCUT2D eigenvalue weighted by molar-refractivity contribution is 14.1. The number of halogens is 3. The van der Waals surface area contributed by atoms with Crippen LogP contribution in [0.3, 0.4) is 0 Å². The molecule has 0 aliphatic heterocycles. The first-order chi connectivity index (χ1) is 9.47. The van der Waals surface area contributed by atoms with E-state index in [1.54, 1.807) is 30.2 Å². The van der Waals surface area contributed by atoms with E-state index in [9.17, 15) is 8.78 Å². The zero-order valence-corrected chi connectivity index (χ0v) is 13.1. The molecule has 0 N–H and O–H groups in total. The SMILES string of the molecule is Cc1cc2cc(-c3cnn(C)c3)c(C(F)F)cc2n1I. The molecule has 3 rings (SSSR count). The zero-order chi connectivity index (χ0) is 14.4. The molecule has 0 atom stereocenters. The molecule has 3 nitrogen and oxygen atoms in total. The minimum atomic E-state index is -2.51. The molecule has 0 bridgehead atoms. The maximum Gasteiger partial charge on any atom is 0.264 e. The van der Waals surface area contributed by atoms with Gasteiger partial charge in [0.25, 0.3) is 6.43 Å². The van der Waals surface area contributed by atoms with E-state index in [1.165, 1.54) is 0 Å². The molecule has 0 unspecified atom stereocenters. The first kappa shape index (κ1) is 13.5. The van der Waals surface area contributed by atoms with Crippen LogP contribution in [0.2, 0.25) is 0 Å². The van der Waals surface area contributed by atoms with Crippen molar-refractivity contribution in [1.82, 2.24) is 12.6 Å². The Bertz CT molecular complexity index is 789. The lowest BCUT2D eigenvalue weighted by Gasteiger charge is -2.08. The highest BCUT2D eigenvalue weighted by Crippen LogP contribution is 2.36. The van der Waals surface area contributed by atoms with Crippen molar-refractivity contribution in [3.63, 3.8) is 0 Å². The first-order valence-corrected chi connectivity index (χ1v) is 7.03. The van der Waals surface area contributed by atoms with Crippen molar-refractivity contribution < 1.29 is 8.78 Å². The van der Waals surface area contributed by atoms with Crippen LogP contribution in [0, 0.1) is 6.92 Å². The minimum Gasteiger partial charge on any atom is -0.287 e. The summed E-state index contributed by atoms with van der Waals surface area (Å²) in [7, 11) is 1.77. The van der Waals surface area contributed by atoms with E-state index in [2.05, 4.69) is 28.0 Å². The lowest BCUT2D eigenvalue weighted by Crippen LogP contribution is -1.91. The first-order valence-electron chi connectivity index (χ1n) is 6.06. The summed E-state index contributed by atoms with van der Waals surface area (Å²) in [5, 5.41) is 5.02. The topological polar surface area (TPSA) is 22.8 Å². The average molecular weight is 387 g/mol. The van der Waals surface area contributed by atoms with E-state index in [1.807, 2.05) is 21.8 Å².